The zero-order valence-corrected chi connectivity index (χ0v) is 12.3. The smallest absolute Gasteiger partial charge is 0.258 e. The zero-order valence-electron chi connectivity index (χ0n) is 10.7. The Kier molecular flexibility index (Phi) is 3.35. The fraction of sp³-hybridized carbons (Fsp3) is 0.500. The van der Waals surface area contributed by atoms with Crippen LogP contribution in [0.4, 0.5) is 4.39 Å². The fourth-order valence-electron chi connectivity index (χ4n) is 3.28. The molecule has 2 aliphatic heterocycles. The van der Waals surface area contributed by atoms with Crippen molar-refractivity contribution in [2.75, 3.05) is 19.6 Å². The van der Waals surface area contributed by atoms with Gasteiger partial charge in [-0.25, -0.2) is 4.39 Å². The van der Waals surface area contributed by atoms with E-state index in [1.54, 1.807) is 12.1 Å². The standard InChI is InChI=1S/C14H16BrFN2O/c1-8-10-6-17-5-9(10)7-18(8)14(19)13-11(15)3-2-4-12(13)16/h2-4,8-10,17H,5-7H2,1H3. The quantitative estimate of drug-likeness (QED) is 0.858. The number of hydrogen-bond donors (Lipinski definition) is 1. The van der Waals surface area contributed by atoms with Crippen LogP contribution in [0.3, 0.4) is 0 Å². The molecule has 0 aromatic heterocycles. The summed E-state index contributed by atoms with van der Waals surface area (Å²) in [6, 6.07) is 4.81. The first-order chi connectivity index (χ1) is 9.09. The van der Waals surface area contributed by atoms with Gasteiger partial charge in [0.05, 0.1) is 5.56 Å². The highest BCUT2D eigenvalue weighted by Gasteiger charge is 2.44. The molecule has 1 aromatic rings. The molecule has 0 saturated carbocycles. The molecule has 3 nitrogen and oxygen atoms in total. The summed E-state index contributed by atoms with van der Waals surface area (Å²) in [6.45, 7) is 4.69. The minimum absolute atomic E-state index is 0.155. The molecule has 3 rings (SSSR count). The average Bonchev–Trinajstić information content (AvgIpc) is 2.92. The summed E-state index contributed by atoms with van der Waals surface area (Å²) in [5.41, 5.74) is 0.155. The van der Waals surface area contributed by atoms with Gasteiger partial charge in [0.2, 0.25) is 0 Å². The number of carbonyl (C=O) groups excluding carboxylic acids is 1. The Morgan fingerprint density at radius 1 is 1.47 bits per heavy atom. The number of likely N-dealkylation sites (tertiary alicyclic amines) is 1. The molecule has 2 fully saturated rings. The third kappa shape index (κ3) is 2.09. The van der Waals surface area contributed by atoms with E-state index in [9.17, 15) is 9.18 Å². The Morgan fingerprint density at radius 2 is 2.26 bits per heavy atom. The number of benzene rings is 1. The topological polar surface area (TPSA) is 32.3 Å². The summed E-state index contributed by atoms with van der Waals surface area (Å²) in [6.07, 6.45) is 0. The molecule has 5 heteroatoms. The number of nitrogens with one attached hydrogen (secondary N) is 1. The lowest BCUT2D eigenvalue weighted by Gasteiger charge is -2.25. The predicted octanol–water partition coefficient (Wildman–Crippen LogP) is 2.27. The van der Waals surface area contributed by atoms with E-state index in [2.05, 4.69) is 28.2 Å². The lowest BCUT2D eigenvalue weighted by atomic mass is 9.95. The molecule has 0 aliphatic carbocycles. The molecule has 3 unspecified atom stereocenters. The number of amides is 1. The molecule has 0 bridgehead atoms. The minimum atomic E-state index is -0.457. The first-order valence-corrected chi connectivity index (χ1v) is 7.34. The van der Waals surface area contributed by atoms with Crippen LogP contribution in [0.1, 0.15) is 17.3 Å². The van der Waals surface area contributed by atoms with Gasteiger partial charge in [0.25, 0.3) is 5.91 Å². The number of halogens is 2. The number of nitrogens with zero attached hydrogens (tertiary/aromatic N) is 1. The Hall–Kier alpha value is -0.940. The molecule has 2 aliphatic rings. The Morgan fingerprint density at radius 3 is 2.95 bits per heavy atom. The van der Waals surface area contributed by atoms with Crippen LogP contribution >= 0.6 is 15.9 Å². The molecular weight excluding hydrogens is 311 g/mol. The van der Waals surface area contributed by atoms with E-state index in [1.165, 1.54) is 6.07 Å². The molecule has 2 saturated heterocycles. The Balaban J connectivity index is 1.89. The fourth-order valence-corrected chi connectivity index (χ4v) is 3.79. The van der Waals surface area contributed by atoms with Crippen molar-refractivity contribution >= 4 is 21.8 Å². The zero-order chi connectivity index (χ0) is 13.6. The van der Waals surface area contributed by atoms with Crippen molar-refractivity contribution < 1.29 is 9.18 Å². The monoisotopic (exact) mass is 326 g/mol. The first-order valence-electron chi connectivity index (χ1n) is 6.55. The van der Waals surface area contributed by atoms with Crippen LogP contribution in [-0.4, -0.2) is 36.5 Å². The van der Waals surface area contributed by atoms with Crippen LogP contribution < -0.4 is 5.32 Å². The van der Waals surface area contributed by atoms with Crippen molar-refractivity contribution in [1.82, 2.24) is 10.2 Å². The molecule has 1 N–H and O–H groups in total. The highest BCUT2D eigenvalue weighted by molar-refractivity contribution is 9.10. The summed E-state index contributed by atoms with van der Waals surface area (Å²) in [5, 5.41) is 3.36. The number of rotatable bonds is 1. The second-order valence-corrected chi connectivity index (χ2v) is 6.23. The predicted molar refractivity (Wildman–Crippen MR) is 74.4 cm³/mol. The summed E-state index contributed by atoms with van der Waals surface area (Å²) >= 11 is 3.28. The van der Waals surface area contributed by atoms with Crippen LogP contribution in [0, 0.1) is 17.7 Å². The van der Waals surface area contributed by atoms with Gasteiger partial charge in [-0.05, 0) is 46.8 Å². The largest absolute Gasteiger partial charge is 0.335 e. The molecule has 1 amide bonds. The van der Waals surface area contributed by atoms with Crippen molar-refractivity contribution in [2.24, 2.45) is 11.8 Å². The maximum absolute atomic E-state index is 13.9. The summed E-state index contributed by atoms with van der Waals surface area (Å²) < 4.78 is 14.4. The van der Waals surface area contributed by atoms with E-state index in [-0.39, 0.29) is 17.5 Å². The number of carbonyl (C=O) groups is 1. The van der Waals surface area contributed by atoms with Gasteiger partial charge >= 0.3 is 0 Å². The third-order valence-electron chi connectivity index (χ3n) is 4.37. The van der Waals surface area contributed by atoms with Crippen LogP contribution in [0.2, 0.25) is 0 Å². The Labute approximate surface area is 120 Å². The first kappa shape index (κ1) is 13.1. The lowest BCUT2D eigenvalue weighted by Crippen LogP contribution is -2.38. The van der Waals surface area contributed by atoms with Crippen molar-refractivity contribution in [3.8, 4) is 0 Å². The molecule has 2 heterocycles. The van der Waals surface area contributed by atoms with E-state index < -0.39 is 5.82 Å². The highest BCUT2D eigenvalue weighted by atomic mass is 79.9. The van der Waals surface area contributed by atoms with Gasteiger partial charge in [0, 0.05) is 30.1 Å². The van der Waals surface area contributed by atoms with Gasteiger partial charge < -0.3 is 10.2 Å². The SMILES string of the molecule is CC1C2CNCC2CN1C(=O)c1c(F)cccc1Br. The van der Waals surface area contributed by atoms with Crippen LogP contribution in [0.25, 0.3) is 0 Å². The van der Waals surface area contributed by atoms with Gasteiger partial charge in [-0.1, -0.05) is 6.07 Å². The molecular formula is C14H16BrFN2O. The van der Waals surface area contributed by atoms with Crippen LogP contribution in [0.15, 0.2) is 22.7 Å². The summed E-state index contributed by atoms with van der Waals surface area (Å²) in [5.74, 6) is 0.340. The van der Waals surface area contributed by atoms with Crippen molar-refractivity contribution in [3.05, 3.63) is 34.1 Å². The van der Waals surface area contributed by atoms with E-state index in [4.69, 9.17) is 0 Å². The summed E-state index contributed by atoms with van der Waals surface area (Å²) in [4.78, 5) is 14.4. The maximum atomic E-state index is 13.9. The van der Waals surface area contributed by atoms with Crippen LogP contribution in [-0.2, 0) is 0 Å². The lowest BCUT2D eigenvalue weighted by molar-refractivity contribution is 0.0723. The second kappa shape index (κ2) is 4.87. The van der Waals surface area contributed by atoms with E-state index in [0.717, 1.165) is 19.6 Å². The van der Waals surface area contributed by atoms with Gasteiger partial charge in [-0.3, -0.25) is 4.79 Å². The van der Waals surface area contributed by atoms with Crippen molar-refractivity contribution in [2.45, 2.75) is 13.0 Å². The third-order valence-corrected chi connectivity index (χ3v) is 5.03. The van der Waals surface area contributed by atoms with Gasteiger partial charge in [0.1, 0.15) is 5.82 Å². The van der Waals surface area contributed by atoms with Gasteiger partial charge in [0.15, 0.2) is 0 Å². The summed E-state index contributed by atoms with van der Waals surface area (Å²) in [7, 11) is 0. The average molecular weight is 327 g/mol. The normalized spacial score (nSPS) is 29.6. The molecule has 1 aromatic carbocycles. The maximum Gasteiger partial charge on any atom is 0.258 e. The molecule has 0 radical (unpaired) electrons. The molecule has 102 valence electrons. The Bertz CT molecular complexity index is 502. The highest BCUT2D eigenvalue weighted by Crippen LogP contribution is 2.34. The molecule has 3 atom stereocenters. The minimum Gasteiger partial charge on any atom is -0.335 e. The molecule has 0 spiro atoms. The number of fused-ring (bicyclic) bond motifs is 1. The van der Waals surface area contributed by atoms with E-state index >= 15 is 0 Å². The molecule has 19 heavy (non-hydrogen) atoms. The van der Waals surface area contributed by atoms with Crippen LogP contribution in [0.5, 0.6) is 0 Å². The van der Waals surface area contributed by atoms with Gasteiger partial charge in [-0.15, -0.1) is 0 Å². The van der Waals surface area contributed by atoms with E-state index in [1.807, 2.05) is 4.90 Å². The van der Waals surface area contributed by atoms with Crippen molar-refractivity contribution in [3.63, 3.8) is 0 Å². The van der Waals surface area contributed by atoms with E-state index in [0.29, 0.717) is 16.3 Å². The van der Waals surface area contributed by atoms with Crippen molar-refractivity contribution in [1.29, 1.82) is 0 Å². The second-order valence-electron chi connectivity index (χ2n) is 5.38. The van der Waals surface area contributed by atoms with Gasteiger partial charge in [-0.2, -0.15) is 0 Å². The number of hydrogen-bond acceptors (Lipinski definition) is 2.